The predicted octanol–water partition coefficient (Wildman–Crippen LogP) is 1.49. The molecule has 1 aliphatic heterocycles. The Balaban J connectivity index is 1.82. The maximum atomic E-state index is 12.6. The van der Waals surface area contributed by atoms with E-state index in [9.17, 15) is 14.4 Å². The van der Waals surface area contributed by atoms with Gasteiger partial charge in [-0.3, -0.25) is 14.4 Å². The highest BCUT2D eigenvalue weighted by molar-refractivity contribution is 8.00. The summed E-state index contributed by atoms with van der Waals surface area (Å²) in [5.74, 6) is 0.282. The molecule has 0 fully saturated rings. The van der Waals surface area contributed by atoms with Crippen molar-refractivity contribution in [1.82, 2.24) is 9.97 Å². The molecule has 0 aliphatic carbocycles. The summed E-state index contributed by atoms with van der Waals surface area (Å²) in [6, 6.07) is 6.31. The third-order valence-electron chi connectivity index (χ3n) is 3.64. The third kappa shape index (κ3) is 3.18. The number of benzene rings is 1. The van der Waals surface area contributed by atoms with Gasteiger partial charge in [0.2, 0.25) is 0 Å². The zero-order valence-electron chi connectivity index (χ0n) is 13.1. The van der Waals surface area contributed by atoms with E-state index in [1.807, 2.05) is 0 Å². The van der Waals surface area contributed by atoms with Crippen LogP contribution in [0.5, 0.6) is 5.75 Å². The molecule has 0 bridgehead atoms. The van der Waals surface area contributed by atoms with Gasteiger partial charge in [0.25, 0.3) is 11.5 Å². The minimum Gasteiger partial charge on any atom is -0.482 e. The quantitative estimate of drug-likeness (QED) is 0.513. The van der Waals surface area contributed by atoms with Crippen molar-refractivity contribution in [2.45, 2.75) is 17.3 Å². The lowest BCUT2D eigenvalue weighted by atomic mass is 10.1. The summed E-state index contributed by atoms with van der Waals surface area (Å²) in [6.07, 6.45) is 1.40. The number of anilines is 1. The number of aromatic amines is 1. The van der Waals surface area contributed by atoms with Gasteiger partial charge in [0.1, 0.15) is 5.75 Å². The predicted molar refractivity (Wildman–Crippen MR) is 89.9 cm³/mol. The van der Waals surface area contributed by atoms with Crippen LogP contribution in [-0.2, 0) is 4.79 Å². The summed E-state index contributed by atoms with van der Waals surface area (Å²) in [6.45, 7) is 1.74. The second kappa shape index (κ2) is 6.48. The molecule has 1 aromatic heterocycles. The number of fused-ring (bicyclic) bond motifs is 1. The van der Waals surface area contributed by atoms with Crippen LogP contribution >= 0.6 is 11.8 Å². The topological polar surface area (TPSA) is 92.4 Å². The molecule has 3 rings (SSSR count). The molecule has 2 aromatic rings. The Kier molecular flexibility index (Phi) is 4.39. The number of hydrogen-bond acceptors (Lipinski definition) is 6. The van der Waals surface area contributed by atoms with E-state index in [1.54, 1.807) is 32.2 Å². The fourth-order valence-electron chi connectivity index (χ4n) is 2.29. The average molecular weight is 345 g/mol. The Hall–Kier alpha value is -2.61. The van der Waals surface area contributed by atoms with E-state index in [1.165, 1.54) is 28.9 Å². The molecule has 24 heavy (non-hydrogen) atoms. The Bertz CT molecular complexity index is 864. The van der Waals surface area contributed by atoms with Gasteiger partial charge in [0.05, 0.1) is 10.9 Å². The molecule has 2 heterocycles. The number of rotatable bonds is 4. The molecule has 1 atom stereocenters. The zero-order valence-corrected chi connectivity index (χ0v) is 13.9. The van der Waals surface area contributed by atoms with Crippen molar-refractivity contribution in [3.8, 4) is 5.75 Å². The van der Waals surface area contributed by atoms with Gasteiger partial charge in [-0.15, -0.1) is 0 Å². The van der Waals surface area contributed by atoms with Crippen molar-refractivity contribution in [3.05, 3.63) is 46.4 Å². The first kappa shape index (κ1) is 16.3. The van der Waals surface area contributed by atoms with E-state index in [-0.39, 0.29) is 23.9 Å². The lowest BCUT2D eigenvalue weighted by Crippen LogP contribution is -2.35. The highest BCUT2D eigenvalue weighted by Crippen LogP contribution is 2.33. The van der Waals surface area contributed by atoms with Crippen LogP contribution in [0.2, 0.25) is 0 Å². The molecule has 1 unspecified atom stereocenters. The summed E-state index contributed by atoms with van der Waals surface area (Å²) >= 11 is 1.17. The lowest BCUT2D eigenvalue weighted by Gasteiger charge is -2.26. The molecule has 1 aliphatic rings. The van der Waals surface area contributed by atoms with Gasteiger partial charge < -0.3 is 14.6 Å². The molecule has 1 aromatic carbocycles. The SMILES string of the molecule is CC(Sc1nccc(=O)[nH]1)C(=O)c1ccc2c(c1)N(C)C(=O)CO2. The van der Waals surface area contributed by atoms with Gasteiger partial charge in [-0.05, 0) is 25.1 Å². The molecular weight excluding hydrogens is 330 g/mol. The van der Waals surface area contributed by atoms with Crippen LogP contribution in [-0.4, -0.2) is 40.6 Å². The maximum absolute atomic E-state index is 12.6. The number of ketones is 1. The maximum Gasteiger partial charge on any atom is 0.264 e. The zero-order chi connectivity index (χ0) is 17.3. The number of nitrogens with zero attached hydrogens (tertiary/aromatic N) is 2. The van der Waals surface area contributed by atoms with Gasteiger partial charge in [-0.2, -0.15) is 0 Å². The molecule has 1 N–H and O–H groups in total. The van der Waals surface area contributed by atoms with Gasteiger partial charge in [-0.1, -0.05) is 11.8 Å². The summed E-state index contributed by atoms with van der Waals surface area (Å²) in [7, 11) is 1.65. The molecule has 0 saturated carbocycles. The number of likely N-dealkylation sites (N-methyl/N-ethyl adjacent to an activating group) is 1. The number of nitrogens with one attached hydrogen (secondary N) is 1. The molecular formula is C16H15N3O4S. The molecule has 7 nitrogen and oxygen atoms in total. The molecule has 124 valence electrons. The van der Waals surface area contributed by atoms with Crippen LogP contribution in [0.25, 0.3) is 0 Å². The van der Waals surface area contributed by atoms with Crippen molar-refractivity contribution >= 4 is 29.1 Å². The van der Waals surface area contributed by atoms with E-state index >= 15 is 0 Å². The number of Topliss-reactive ketones (excluding diaryl/α,β-unsaturated/α-hetero) is 1. The minimum atomic E-state index is -0.445. The van der Waals surface area contributed by atoms with E-state index in [0.717, 1.165) is 0 Å². The first-order valence-electron chi connectivity index (χ1n) is 7.25. The van der Waals surface area contributed by atoms with Gasteiger partial charge in [0, 0.05) is 24.9 Å². The molecule has 0 spiro atoms. The van der Waals surface area contributed by atoms with Crippen molar-refractivity contribution in [3.63, 3.8) is 0 Å². The normalized spacial score (nSPS) is 14.8. The fourth-order valence-corrected chi connectivity index (χ4v) is 3.15. The van der Waals surface area contributed by atoms with Crippen LogP contribution in [0.4, 0.5) is 5.69 Å². The Labute approximate surface area is 142 Å². The van der Waals surface area contributed by atoms with Crippen LogP contribution in [0.3, 0.4) is 0 Å². The van der Waals surface area contributed by atoms with Crippen molar-refractivity contribution < 1.29 is 14.3 Å². The van der Waals surface area contributed by atoms with E-state index in [2.05, 4.69) is 9.97 Å². The second-order valence-corrected chi connectivity index (χ2v) is 6.62. The number of carbonyl (C=O) groups excluding carboxylic acids is 2. The first-order chi connectivity index (χ1) is 11.5. The Morgan fingerprint density at radius 2 is 2.17 bits per heavy atom. The van der Waals surface area contributed by atoms with Crippen molar-refractivity contribution in [2.75, 3.05) is 18.6 Å². The highest BCUT2D eigenvalue weighted by atomic mass is 32.2. The van der Waals surface area contributed by atoms with Gasteiger partial charge in [-0.25, -0.2) is 4.98 Å². The number of aromatic nitrogens is 2. The van der Waals surface area contributed by atoms with E-state index < -0.39 is 5.25 Å². The third-order valence-corrected chi connectivity index (χ3v) is 4.63. The van der Waals surface area contributed by atoms with Crippen LogP contribution in [0.15, 0.2) is 40.4 Å². The number of carbonyl (C=O) groups is 2. The summed E-state index contributed by atoms with van der Waals surface area (Å²) in [5, 5.41) is -0.0592. The molecule has 1 amide bonds. The van der Waals surface area contributed by atoms with Crippen molar-refractivity contribution in [1.29, 1.82) is 0 Å². The highest BCUT2D eigenvalue weighted by Gasteiger charge is 2.25. The molecule has 0 saturated heterocycles. The monoisotopic (exact) mass is 345 g/mol. The summed E-state index contributed by atoms with van der Waals surface area (Å²) in [4.78, 5) is 43.7. The summed E-state index contributed by atoms with van der Waals surface area (Å²) in [5.41, 5.74) is 0.774. The number of amides is 1. The Morgan fingerprint density at radius 1 is 1.38 bits per heavy atom. The number of hydrogen-bond donors (Lipinski definition) is 1. The van der Waals surface area contributed by atoms with Crippen LogP contribution in [0.1, 0.15) is 17.3 Å². The van der Waals surface area contributed by atoms with E-state index in [4.69, 9.17) is 4.74 Å². The van der Waals surface area contributed by atoms with E-state index in [0.29, 0.717) is 22.2 Å². The second-order valence-electron chi connectivity index (χ2n) is 5.29. The van der Waals surface area contributed by atoms with Crippen LogP contribution < -0.4 is 15.2 Å². The summed E-state index contributed by atoms with van der Waals surface area (Å²) < 4.78 is 5.35. The first-order valence-corrected chi connectivity index (χ1v) is 8.13. The molecule has 0 radical (unpaired) electrons. The number of H-pyrrole nitrogens is 1. The fraction of sp³-hybridized carbons (Fsp3) is 0.250. The standard InChI is InChI=1S/C16H15N3O4S/c1-9(24-16-17-6-5-13(20)18-16)15(22)10-3-4-12-11(7-10)19(2)14(21)8-23-12/h3-7,9H,8H2,1-2H3,(H,17,18,20). The number of thioether (sulfide) groups is 1. The average Bonchev–Trinajstić information content (AvgIpc) is 2.57. The Morgan fingerprint density at radius 3 is 2.92 bits per heavy atom. The van der Waals surface area contributed by atoms with Crippen LogP contribution in [0, 0.1) is 0 Å². The largest absolute Gasteiger partial charge is 0.482 e. The smallest absolute Gasteiger partial charge is 0.264 e. The van der Waals surface area contributed by atoms with Gasteiger partial charge >= 0.3 is 0 Å². The van der Waals surface area contributed by atoms with Crippen molar-refractivity contribution in [2.24, 2.45) is 0 Å². The minimum absolute atomic E-state index is 0.00388. The number of ether oxygens (including phenoxy) is 1. The lowest BCUT2D eigenvalue weighted by molar-refractivity contribution is -0.120. The van der Waals surface area contributed by atoms with Gasteiger partial charge in [0.15, 0.2) is 17.5 Å². The molecule has 8 heteroatoms.